The summed E-state index contributed by atoms with van der Waals surface area (Å²) in [5.74, 6) is -8.00. The zero-order valence-electron chi connectivity index (χ0n) is 17.6. The number of aromatic hydroxyl groups is 1. The van der Waals surface area contributed by atoms with Crippen LogP contribution in [0.5, 0.6) is 5.75 Å². The Hall–Kier alpha value is -4.01. The van der Waals surface area contributed by atoms with Crippen LogP contribution in [0.1, 0.15) is 28.8 Å². The van der Waals surface area contributed by atoms with Crippen LogP contribution in [0.2, 0.25) is 0 Å². The molecule has 0 aromatic heterocycles. The van der Waals surface area contributed by atoms with Gasteiger partial charge in [0, 0.05) is 23.6 Å². The number of Topliss-reactive ketones (excluding diaryl/α,β-unsaturated/α-hetero) is 2. The molecule has 3 unspecified atom stereocenters. The molecule has 0 saturated carbocycles. The highest BCUT2D eigenvalue weighted by Crippen LogP contribution is 2.50. The lowest BCUT2D eigenvalue weighted by Crippen LogP contribution is -2.43. The molecule has 0 bridgehead atoms. The van der Waals surface area contributed by atoms with E-state index >= 15 is 0 Å². The minimum atomic E-state index is -1.21. The molecule has 3 aliphatic carbocycles. The molecule has 3 aliphatic rings. The third-order valence-corrected chi connectivity index (χ3v) is 6.99. The first kappa shape index (κ1) is 21.8. The molecule has 0 aliphatic heterocycles. The molecule has 3 atom stereocenters. The number of amides is 1. The standard InChI is InChI=1S/C25H19F2NO6/c26-11-1-2-13(15(27)8-11)12-3-4-16(29)20-14(12)6-9-5-10-7-17(30)21(25(28)34)24(33)19(10)22(31)18(9)23(20)32/h1-4,8-10,19,29-31H,5-7H2,(H2,28,34). The Bertz CT molecular complexity index is 1380. The van der Waals surface area contributed by atoms with Gasteiger partial charge in [0.15, 0.2) is 11.6 Å². The van der Waals surface area contributed by atoms with Gasteiger partial charge in [0.1, 0.15) is 34.5 Å². The fraction of sp³-hybridized carbons (Fsp3) is 0.240. The van der Waals surface area contributed by atoms with Crippen molar-refractivity contribution in [3.8, 4) is 16.9 Å². The summed E-state index contributed by atoms with van der Waals surface area (Å²) in [4.78, 5) is 38.0. The number of hydrogen-bond donors (Lipinski definition) is 4. The summed E-state index contributed by atoms with van der Waals surface area (Å²) in [5, 5.41) is 31.7. The number of benzene rings is 2. The van der Waals surface area contributed by atoms with E-state index in [1.54, 1.807) is 0 Å². The number of rotatable bonds is 2. The van der Waals surface area contributed by atoms with Crippen LogP contribution in [0.4, 0.5) is 8.78 Å². The molecule has 2 aromatic rings. The monoisotopic (exact) mass is 467 g/mol. The maximum Gasteiger partial charge on any atom is 0.255 e. The Balaban J connectivity index is 1.66. The number of ketones is 2. The first-order valence-corrected chi connectivity index (χ1v) is 10.6. The van der Waals surface area contributed by atoms with Gasteiger partial charge >= 0.3 is 0 Å². The number of allylic oxidation sites excluding steroid dienone is 3. The molecule has 2 aromatic carbocycles. The number of aliphatic hydroxyl groups excluding tert-OH is 2. The van der Waals surface area contributed by atoms with E-state index in [4.69, 9.17) is 5.73 Å². The molecular weight excluding hydrogens is 448 g/mol. The topological polar surface area (TPSA) is 138 Å². The molecule has 34 heavy (non-hydrogen) atoms. The van der Waals surface area contributed by atoms with Crippen molar-refractivity contribution in [1.29, 1.82) is 0 Å². The molecule has 5 rings (SSSR count). The van der Waals surface area contributed by atoms with E-state index in [-0.39, 0.29) is 41.7 Å². The van der Waals surface area contributed by atoms with Crippen molar-refractivity contribution in [1.82, 2.24) is 0 Å². The normalized spacial score (nSPS) is 24.0. The Morgan fingerprint density at radius 3 is 2.38 bits per heavy atom. The predicted octanol–water partition coefficient (Wildman–Crippen LogP) is 3.41. The van der Waals surface area contributed by atoms with Crippen molar-refractivity contribution in [2.45, 2.75) is 19.3 Å². The molecule has 174 valence electrons. The highest BCUT2D eigenvalue weighted by molar-refractivity contribution is 6.22. The maximum absolute atomic E-state index is 14.6. The molecule has 0 fully saturated rings. The SMILES string of the molecule is NC(=O)C1=C(O)CC2CC3Cc4c(-c5ccc(F)cc5F)ccc(O)c4C(=O)C3=C(O)C2C1=O. The number of hydrogen-bond acceptors (Lipinski definition) is 6. The lowest BCUT2D eigenvalue weighted by molar-refractivity contribution is -0.126. The van der Waals surface area contributed by atoms with Crippen molar-refractivity contribution in [3.63, 3.8) is 0 Å². The number of nitrogens with two attached hydrogens (primary N) is 1. The molecule has 0 spiro atoms. The number of halogens is 2. The van der Waals surface area contributed by atoms with Crippen molar-refractivity contribution in [2.75, 3.05) is 0 Å². The summed E-state index contributed by atoms with van der Waals surface area (Å²) in [5.41, 5.74) is 5.14. The first-order chi connectivity index (χ1) is 16.1. The van der Waals surface area contributed by atoms with Gasteiger partial charge < -0.3 is 21.1 Å². The van der Waals surface area contributed by atoms with Crippen molar-refractivity contribution in [2.24, 2.45) is 23.5 Å². The summed E-state index contributed by atoms with van der Waals surface area (Å²) in [7, 11) is 0. The van der Waals surface area contributed by atoms with Crippen LogP contribution in [0.15, 0.2) is 53.0 Å². The second kappa shape index (κ2) is 7.51. The minimum Gasteiger partial charge on any atom is -0.511 e. The molecule has 0 saturated heterocycles. The number of carbonyl (C=O) groups excluding carboxylic acids is 3. The van der Waals surface area contributed by atoms with E-state index in [0.29, 0.717) is 11.1 Å². The summed E-state index contributed by atoms with van der Waals surface area (Å²) in [6, 6.07) is 5.71. The van der Waals surface area contributed by atoms with Gasteiger partial charge in [-0.1, -0.05) is 6.07 Å². The lowest BCUT2D eigenvalue weighted by atomic mass is 9.62. The fourth-order valence-electron chi connectivity index (χ4n) is 5.60. The molecule has 0 radical (unpaired) electrons. The van der Waals surface area contributed by atoms with E-state index in [9.17, 15) is 38.5 Å². The third kappa shape index (κ3) is 3.03. The quantitative estimate of drug-likeness (QED) is 0.500. The van der Waals surface area contributed by atoms with Gasteiger partial charge in [0.05, 0.1) is 11.5 Å². The summed E-state index contributed by atoms with van der Waals surface area (Å²) < 4.78 is 28.0. The van der Waals surface area contributed by atoms with E-state index < -0.39 is 64.0 Å². The highest BCUT2D eigenvalue weighted by atomic mass is 19.1. The number of phenolic OH excluding ortho intramolecular Hbond substituents is 1. The van der Waals surface area contributed by atoms with E-state index in [1.165, 1.54) is 18.2 Å². The van der Waals surface area contributed by atoms with Gasteiger partial charge in [0.2, 0.25) is 0 Å². The predicted molar refractivity (Wildman–Crippen MR) is 115 cm³/mol. The van der Waals surface area contributed by atoms with E-state index in [1.807, 2.05) is 0 Å². The first-order valence-electron chi connectivity index (χ1n) is 10.6. The van der Waals surface area contributed by atoms with Crippen LogP contribution >= 0.6 is 0 Å². The van der Waals surface area contributed by atoms with Gasteiger partial charge in [-0.05, 0) is 54.0 Å². The van der Waals surface area contributed by atoms with Crippen molar-refractivity contribution in [3.05, 3.63) is 75.8 Å². The molecular formula is C25H19F2NO6. The van der Waals surface area contributed by atoms with Gasteiger partial charge in [-0.2, -0.15) is 0 Å². The number of phenols is 1. The highest BCUT2D eigenvalue weighted by Gasteiger charge is 2.50. The zero-order chi connectivity index (χ0) is 24.5. The van der Waals surface area contributed by atoms with Crippen molar-refractivity contribution >= 4 is 17.5 Å². The Kier molecular flexibility index (Phi) is 4.82. The maximum atomic E-state index is 14.6. The smallest absolute Gasteiger partial charge is 0.255 e. The molecule has 9 heteroatoms. The third-order valence-electron chi connectivity index (χ3n) is 6.99. The molecule has 0 heterocycles. The second-order valence-electron chi connectivity index (χ2n) is 8.87. The van der Waals surface area contributed by atoms with Crippen LogP contribution < -0.4 is 5.73 Å². The average Bonchev–Trinajstić information content (AvgIpc) is 2.73. The van der Waals surface area contributed by atoms with Crippen LogP contribution in [-0.2, 0) is 16.0 Å². The minimum absolute atomic E-state index is 0.0512. The number of primary amides is 1. The van der Waals surface area contributed by atoms with Gasteiger partial charge in [-0.15, -0.1) is 0 Å². The number of fused-ring (bicyclic) bond motifs is 3. The van der Waals surface area contributed by atoms with Crippen molar-refractivity contribution < 1.29 is 38.5 Å². The molecule has 7 nitrogen and oxygen atoms in total. The van der Waals surface area contributed by atoms with Gasteiger partial charge in [-0.3, -0.25) is 14.4 Å². The van der Waals surface area contributed by atoms with Crippen LogP contribution in [0.25, 0.3) is 11.1 Å². The van der Waals surface area contributed by atoms with Crippen LogP contribution in [-0.4, -0.2) is 32.8 Å². The largest absolute Gasteiger partial charge is 0.511 e. The van der Waals surface area contributed by atoms with E-state index in [2.05, 4.69) is 0 Å². The zero-order valence-corrected chi connectivity index (χ0v) is 17.6. The summed E-state index contributed by atoms with van der Waals surface area (Å²) >= 11 is 0. The average molecular weight is 467 g/mol. The van der Waals surface area contributed by atoms with Crippen LogP contribution in [0.3, 0.4) is 0 Å². The van der Waals surface area contributed by atoms with Gasteiger partial charge in [-0.25, -0.2) is 8.78 Å². The summed E-state index contributed by atoms with van der Waals surface area (Å²) in [6.45, 7) is 0. The molecule has 1 amide bonds. The van der Waals surface area contributed by atoms with E-state index in [0.717, 1.165) is 12.1 Å². The molecule has 5 N–H and O–H groups in total. The Labute approximate surface area is 191 Å². The number of carbonyl (C=O) groups is 3. The second-order valence-corrected chi connectivity index (χ2v) is 8.87. The van der Waals surface area contributed by atoms with Gasteiger partial charge in [0.25, 0.3) is 5.91 Å². The van der Waals surface area contributed by atoms with Crippen LogP contribution in [0, 0.1) is 29.4 Å². The summed E-state index contributed by atoms with van der Waals surface area (Å²) in [6.07, 6.45) is 0.271. The number of aliphatic hydroxyl groups is 2. The fourth-order valence-corrected chi connectivity index (χ4v) is 5.60. The Morgan fingerprint density at radius 1 is 1.00 bits per heavy atom. The Morgan fingerprint density at radius 2 is 1.71 bits per heavy atom. The lowest BCUT2D eigenvalue weighted by Gasteiger charge is -2.41.